The van der Waals surface area contributed by atoms with E-state index in [0.29, 0.717) is 6.04 Å². The van der Waals surface area contributed by atoms with Gasteiger partial charge in [0.05, 0.1) is 6.54 Å². The van der Waals surface area contributed by atoms with Crippen LogP contribution < -0.4 is 10.6 Å². The predicted octanol–water partition coefficient (Wildman–Crippen LogP) is 1.65. The van der Waals surface area contributed by atoms with Crippen LogP contribution in [0.25, 0.3) is 0 Å². The summed E-state index contributed by atoms with van der Waals surface area (Å²) in [5.41, 5.74) is 0. The van der Waals surface area contributed by atoms with Crippen molar-refractivity contribution in [3.8, 4) is 0 Å². The normalized spacial score (nSPS) is 24.7. The second kappa shape index (κ2) is 5.92. The van der Waals surface area contributed by atoms with Gasteiger partial charge >= 0.3 is 0 Å². The topological polar surface area (TPSA) is 39.7 Å². The standard InChI is InChI=1S/C14H22N4S/c1-15-14(16-9-13-3-2-8-19-13)17-11-6-7-18(10-11)12-4-5-12/h2-3,8,11-12H,4-7,9-10H2,1H3,(H2,15,16,17). The maximum absolute atomic E-state index is 4.32. The molecule has 1 saturated heterocycles. The van der Waals surface area contributed by atoms with E-state index in [9.17, 15) is 0 Å². The van der Waals surface area contributed by atoms with Crippen LogP contribution in [0, 0.1) is 0 Å². The average Bonchev–Trinajstić information content (AvgIpc) is 2.96. The van der Waals surface area contributed by atoms with Gasteiger partial charge in [-0.1, -0.05) is 6.07 Å². The fourth-order valence-electron chi connectivity index (χ4n) is 2.65. The SMILES string of the molecule is CN=C(NCc1cccs1)NC1CCN(C2CC2)C1. The Labute approximate surface area is 118 Å². The number of thiophene rings is 1. The van der Waals surface area contributed by atoms with Gasteiger partial charge < -0.3 is 10.6 Å². The quantitative estimate of drug-likeness (QED) is 0.650. The minimum atomic E-state index is 0.551. The number of hydrogen-bond donors (Lipinski definition) is 2. The van der Waals surface area contributed by atoms with Gasteiger partial charge in [-0.2, -0.15) is 0 Å². The van der Waals surface area contributed by atoms with E-state index < -0.39 is 0 Å². The summed E-state index contributed by atoms with van der Waals surface area (Å²) in [7, 11) is 1.84. The molecule has 19 heavy (non-hydrogen) atoms. The van der Waals surface area contributed by atoms with Crippen LogP contribution in [0.3, 0.4) is 0 Å². The molecular formula is C14H22N4S. The highest BCUT2D eigenvalue weighted by Crippen LogP contribution is 2.29. The van der Waals surface area contributed by atoms with Gasteiger partial charge in [0.2, 0.25) is 0 Å². The lowest BCUT2D eigenvalue weighted by Crippen LogP contribution is -2.44. The highest BCUT2D eigenvalue weighted by Gasteiger charge is 2.34. The lowest BCUT2D eigenvalue weighted by atomic mass is 10.3. The van der Waals surface area contributed by atoms with Crippen LogP contribution >= 0.6 is 11.3 Å². The third-order valence-electron chi connectivity index (χ3n) is 3.86. The summed E-state index contributed by atoms with van der Waals surface area (Å²) in [6.45, 7) is 3.27. The van der Waals surface area contributed by atoms with Crippen LogP contribution in [-0.4, -0.2) is 43.1 Å². The fourth-order valence-corrected chi connectivity index (χ4v) is 3.29. The van der Waals surface area contributed by atoms with E-state index in [1.54, 1.807) is 11.3 Å². The van der Waals surface area contributed by atoms with Crippen LogP contribution in [0.2, 0.25) is 0 Å². The third-order valence-corrected chi connectivity index (χ3v) is 4.73. The maximum Gasteiger partial charge on any atom is 0.191 e. The van der Waals surface area contributed by atoms with E-state index in [4.69, 9.17) is 0 Å². The lowest BCUT2D eigenvalue weighted by molar-refractivity contribution is 0.321. The van der Waals surface area contributed by atoms with Crippen LogP contribution in [-0.2, 0) is 6.54 Å². The first kappa shape index (κ1) is 12.9. The molecule has 0 aromatic carbocycles. The van der Waals surface area contributed by atoms with Crippen molar-refractivity contribution in [1.82, 2.24) is 15.5 Å². The van der Waals surface area contributed by atoms with E-state index in [1.807, 2.05) is 7.05 Å². The molecule has 3 rings (SSSR count). The molecule has 1 aliphatic heterocycles. The Balaban J connectivity index is 1.44. The first-order valence-corrected chi connectivity index (χ1v) is 7.97. The van der Waals surface area contributed by atoms with Crippen molar-refractivity contribution in [3.63, 3.8) is 0 Å². The van der Waals surface area contributed by atoms with Crippen molar-refractivity contribution in [3.05, 3.63) is 22.4 Å². The number of aliphatic imine (C=N–C) groups is 1. The molecule has 2 N–H and O–H groups in total. The molecule has 1 saturated carbocycles. The molecule has 2 aliphatic rings. The zero-order valence-electron chi connectivity index (χ0n) is 11.4. The monoisotopic (exact) mass is 278 g/mol. The molecule has 0 bridgehead atoms. The number of guanidine groups is 1. The van der Waals surface area contributed by atoms with Gasteiger partial charge in [0, 0.05) is 37.1 Å². The van der Waals surface area contributed by atoms with Gasteiger partial charge in [0.25, 0.3) is 0 Å². The number of hydrogen-bond acceptors (Lipinski definition) is 3. The van der Waals surface area contributed by atoms with Crippen LogP contribution in [0.1, 0.15) is 24.1 Å². The summed E-state index contributed by atoms with van der Waals surface area (Å²) in [6, 6.07) is 5.67. The van der Waals surface area contributed by atoms with E-state index in [1.165, 1.54) is 37.2 Å². The van der Waals surface area contributed by atoms with Gasteiger partial charge in [-0.15, -0.1) is 11.3 Å². The highest BCUT2D eigenvalue weighted by atomic mass is 32.1. The van der Waals surface area contributed by atoms with Crippen molar-refractivity contribution >= 4 is 17.3 Å². The van der Waals surface area contributed by atoms with Gasteiger partial charge in [0.1, 0.15) is 0 Å². The van der Waals surface area contributed by atoms with Gasteiger partial charge in [-0.25, -0.2) is 0 Å². The molecule has 2 heterocycles. The second-order valence-electron chi connectivity index (χ2n) is 5.36. The summed E-state index contributed by atoms with van der Waals surface area (Å²) in [5.74, 6) is 0.927. The largest absolute Gasteiger partial charge is 0.352 e. The minimum absolute atomic E-state index is 0.551. The van der Waals surface area contributed by atoms with E-state index in [-0.39, 0.29) is 0 Å². The Morgan fingerprint density at radius 2 is 2.37 bits per heavy atom. The van der Waals surface area contributed by atoms with Crippen LogP contribution in [0.4, 0.5) is 0 Å². The van der Waals surface area contributed by atoms with E-state index >= 15 is 0 Å². The van der Waals surface area contributed by atoms with Crippen LogP contribution in [0.15, 0.2) is 22.5 Å². The molecular weight excluding hydrogens is 256 g/mol. The average molecular weight is 278 g/mol. The zero-order valence-corrected chi connectivity index (χ0v) is 12.2. The van der Waals surface area contributed by atoms with E-state index in [0.717, 1.165) is 18.5 Å². The number of nitrogens with zero attached hydrogens (tertiary/aromatic N) is 2. The van der Waals surface area contributed by atoms with E-state index in [2.05, 4.69) is 38.0 Å². The summed E-state index contributed by atoms with van der Waals surface area (Å²) >= 11 is 1.78. The number of likely N-dealkylation sites (tertiary alicyclic amines) is 1. The Morgan fingerprint density at radius 3 is 3.05 bits per heavy atom. The summed E-state index contributed by atoms with van der Waals surface area (Å²) in [6.07, 6.45) is 4.03. The Morgan fingerprint density at radius 1 is 1.47 bits per heavy atom. The first-order chi connectivity index (χ1) is 9.35. The minimum Gasteiger partial charge on any atom is -0.352 e. The molecule has 1 aromatic rings. The molecule has 104 valence electrons. The molecule has 0 spiro atoms. The number of nitrogens with one attached hydrogen (secondary N) is 2. The smallest absolute Gasteiger partial charge is 0.191 e. The predicted molar refractivity (Wildman–Crippen MR) is 80.7 cm³/mol. The van der Waals surface area contributed by atoms with Crippen LogP contribution in [0.5, 0.6) is 0 Å². The summed E-state index contributed by atoms with van der Waals surface area (Å²) in [5, 5.41) is 9.04. The first-order valence-electron chi connectivity index (χ1n) is 7.09. The highest BCUT2D eigenvalue weighted by molar-refractivity contribution is 7.09. The summed E-state index contributed by atoms with van der Waals surface area (Å²) in [4.78, 5) is 8.27. The Kier molecular flexibility index (Phi) is 4.03. The van der Waals surface area contributed by atoms with Gasteiger partial charge in [-0.3, -0.25) is 9.89 Å². The van der Waals surface area contributed by atoms with Gasteiger partial charge in [0.15, 0.2) is 5.96 Å². The third kappa shape index (κ3) is 3.48. The van der Waals surface area contributed by atoms with Crippen molar-refractivity contribution in [2.75, 3.05) is 20.1 Å². The Bertz CT molecular complexity index is 425. The van der Waals surface area contributed by atoms with Crippen molar-refractivity contribution in [1.29, 1.82) is 0 Å². The molecule has 4 nitrogen and oxygen atoms in total. The lowest BCUT2D eigenvalue weighted by Gasteiger charge is -2.18. The molecule has 1 aliphatic carbocycles. The van der Waals surface area contributed by atoms with Crippen molar-refractivity contribution in [2.45, 2.75) is 37.9 Å². The maximum atomic E-state index is 4.32. The molecule has 0 radical (unpaired) electrons. The molecule has 1 unspecified atom stereocenters. The molecule has 5 heteroatoms. The second-order valence-corrected chi connectivity index (χ2v) is 6.39. The molecule has 2 fully saturated rings. The zero-order chi connectivity index (χ0) is 13.1. The number of rotatable bonds is 4. The van der Waals surface area contributed by atoms with Crippen molar-refractivity contribution < 1.29 is 0 Å². The fraction of sp³-hybridized carbons (Fsp3) is 0.643. The summed E-state index contributed by atoms with van der Waals surface area (Å²) < 4.78 is 0. The Hall–Kier alpha value is -1.07. The molecule has 1 aromatic heterocycles. The van der Waals surface area contributed by atoms with Crippen molar-refractivity contribution in [2.24, 2.45) is 4.99 Å². The molecule has 0 amide bonds. The van der Waals surface area contributed by atoms with Gasteiger partial charge in [-0.05, 0) is 30.7 Å². The molecule has 1 atom stereocenters.